The molecule has 0 aliphatic rings. The highest BCUT2D eigenvalue weighted by Crippen LogP contribution is 2.29. The van der Waals surface area contributed by atoms with E-state index >= 15 is 0 Å². The van der Waals surface area contributed by atoms with Crippen LogP contribution in [0.2, 0.25) is 0 Å². The van der Waals surface area contributed by atoms with Crippen LogP contribution in [-0.2, 0) is 27.8 Å². The molecule has 0 unspecified atom stereocenters. The lowest BCUT2D eigenvalue weighted by atomic mass is 10.0. The third kappa shape index (κ3) is 6.39. The summed E-state index contributed by atoms with van der Waals surface area (Å²) in [5.74, 6) is 0. The van der Waals surface area contributed by atoms with Gasteiger partial charge in [0.2, 0.25) is 0 Å². The molecule has 0 atom stereocenters. The molecule has 3 aromatic rings. The normalized spacial score (nSPS) is 11.5. The molecule has 9 nitrogen and oxygen atoms in total. The van der Waals surface area contributed by atoms with E-state index in [-0.39, 0.29) is 11.5 Å². The highest BCUT2D eigenvalue weighted by molar-refractivity contribution is 7.90. The Morgan fingerprint density at radius 1 is 1.06 bits per heavy atom. The summed E-state index contributed by atoms with van der Waals surface area (Å²) in [4.78, 5) is 18.0. The number of carbonyl (C=O) groups excluding carboxylic acids is 1. The summed E-state index contributed by atoms with van der Waals surface area (Å²) in [7, 11) is -4.13. The van der Waals surface area contributed by atoms with Crippen molar-refractivity contribution >= 4 is 16.1 Å². The molecule has 1 amide bonds. The average molecular weight is 472 g/mol. The van der Waals surface area contributed by atoms with Gasteiger partial charge in [-0.25, -0.2) is 27.6 Å². The van der Waals surface area contributed by atoms with Crippen molar-refractivity contribution in [3.8, 4) is 11.1 Å². The number of amides is 1. The van der Waals surface area contributed by atoms with E-state index in [1.54, 1.807) is 30.1 Å². The van der Waals surface area contributed by atoms with Gasteiger partial charge >= 0.3 is 6.09 Å². The van der Waals surface area contributed by atoms with Gasteiger partial charge < -0.3 is 4.74 Å². The van der Waals surface area contributed by atoms with Crippen LogP contribution in [0.25, 0.3) is 11.1 Å². The fourth-order valence-corrected chi connectivity index (χ4v) is 4.56. The quantitative estimate of drug-likeness (QED) is 0.484. The van der Waals surface area contributed by atoms with Crippen molar-refractivity contribution in [2.75, 3.05) is 19.7 Å². The lowest BCUT2D eigenvalue weighted by molar-refractivity contribution is 0.158. The summed E-state index contributed by atoms with van der Waals surface area (Å²) in [5, 5.41) is 4.11. The zero-order valence-electron chi connectivity index (χ0n) is 19.1. The van der Waals surface area contributed by atoms with Crippen molar-refractivity contribution in [3.05, 3.63) is 66.2 Å². The number of hydrogen-bond acceptors (Lipinski definition) is 7. The van der Waals surface area contributed by atoms with Gasteiger partial charge in [0.15, 0.2) is 0 Å². The summed E-state index contributed by atoms with van der Waals surface area (Å²) in [6.45, 7) is 8.86. The van der Waals surface area contributed by atoms with Gasteiger partial charge in [0.05, 0.1) is 18.0 Å². The molecule has 1 heterocycles. The van der Waals surface area contributed by atoms with Gasteiger partial charge in [-0.3, -0.25) is 4.90 Å². The highest BCUT2D eigenvalue weighted by atomic mass is 32.2. The third-order valence-corrected chi connectivity index (χ3v) is 6.57. The molecule has 0 saturated carbocycles. The van der Waals surface area contributed by atoms with Gasteiger partial charge in [-0.1, -0.05) is 44.2 Å². The summed E-state index contributed by atoms with van der Waals surface area (Å²) < 4.78 is 34.5. The Labute approximate surface area is 194 Å². The maximum Gasteiger partial charge on any atom is 0.421 e. The zero-order chi connectivity index (χ0) is 23.8. The Morgan fingerprint density at radius 2 is 1.76 bits per heavy atom. The summed E-state index contributed by atoms with van der Waals surface area (Å²) in [6, 6.07) is 12.8. The maximum atomic E-state index is 13.0. The molecule has 0 bridgehead atoms. The van der Waals surface area contributed by atoms with Crippen LogP contribution in [0, 0.1) is 0 Å². The number of ether oxygens (including phenoxy) is 1. The van der Waals surface area contributed by atoms with Crippen LogP contribution >= 0.6 is 0 Å². The van der Waals surface area contributed by atoms with E-state index < -0.39 is 16.1 Å². The predicted octanol–water partition coefficient (Wildman–Crippen LogP) is 3.27. The molecule has 2 aromatic carbocycles. The Kier molecular flexibility index (Phi) is 8.18. The monoisotopic (exact) mass is 471 g/mol. The summed E-state index contributed by atoms with van der Waals surface area (Å²) >= 11 is 0. The van der Waals surface area contributed by atoms with E-state index in [2.05, 4.69) is 28.8 Å². The van der Waals surface area contributed by atoms with Crippen LogP contribution in [0.3, 0.4) is 0 Å². The first-order chi connectivity index (χ1) is 15.9. The summed E-state index contributed by atoms with van der Waals surface area (Å²) in [6.07, 6.45) is 2.11. The molecule has 1 aromatic heterocycles. The molecule has 176 valence electrons. The first-order valence-corrected chi connectivity index (χ1v) is 12.3. The second-order valence-electron chi connectivity index (χ2n) is 7.41. The first-order valence-electron chi connectivity index (χ1n) is 10.8. The van der Waals surface area contributed by atoms with E-state index in [0.29, 0.717) is 18.7 Å². The Hall–Kier alpha value is -3.24. The topological polar surface area (TPSA) is 106 Å². The van der Waals surface area contributed by atoms with Crippen molar-refractivity contribution in [1.82, 2.24) is 24.4 Å². The SMILES string of the molecule is CCOC(=O)NS(=O)(=O)c1ccc(CN(CC)CC)cc1-c1ccc(Cn2cncn2)cc1. The van der Waals surface area contributed by atoms with Crippen LogP contribution in [0.15, 0.2) is 60.0 Å². The number of nitrogens with one attached hydrogen (secondary N) is 1. The zero-order valence-corrected chi connectivity index (χ0v) is 19.9. The number of sulfonamides is 1. The number of rotatable bonds is 10. The van der Waals surface area contributed by atoms with Crippen LogP contribution < -0.4 is 4.72 Å². The van der Waals surface area contributed by atoms with E-state index in [1.807, 2.05) is 35.1 Å². The number of aromatic nitrogens is 3. The van der Waals surface area contributed by atoms with E-state index in [1.165, 1.54) is 6.33 Å². The molecular weight excluding hydrogens is 442 g/mol. The van der Waals surface area contributed by atoms with Crippen LogP contribution in [0.4, 0.5) is 4.79 Å². The molecule has 0 fully saturated rings. The van der Waals surface area contributed by atoms with Crippen LogP contribution in [0.1, 0.15) is 31.9 Å². The predicted molar refractivity (Wildman–Crippen MR) is 125 cm³/mol. The molecule has 0 aliphatic heterocycles. The molecule has 3 rings (SSSR count). The second-order valence-corrected chi connectivity index (χ2v) is 9.06. The number of hydrogen-bond donors (Lipinski definition) is 1. The Balaban J connectivity index is 1.99. The largest absolute Gasteiger partial charge is 0.449 e. The first kappa shape index (κ1) is 24.4. The molecular formula is C23H29N5O4S. The van der Waals surface area contributed by atoms with Gasteiger partial charge in [-0.2, -0.15) is 5.10 Å². The van der Waals surface area contributed by atoms with Crippen LogP contribution in [-0.4, -0.2) is 53.9 Å². The lowest BCUT2D eigenvalue weighted by Gasteiger charge is -2.19. The minimum atomic E-state index is -4.13. The average Bonchev–Trinajstić information content (AvgIpc) is 3.30. The fraction of sp³-hybridized carbons (Fsp3) is 0.348. The smallest absolute Gasteiger partial charge is 0.421 e. The Morgan fingerprint density at radius 3 is 2.36 bits per heavy atom. The minimum absolute atomic E-state index is 0.0166. The fourth-order valence-electron chi connectivity index (χ4n) is 3.46. The molecule has 1 N–H and O–H groups in total. The van der Waals surface area contributed by atoms with Gasteiger partial charge in [0.25, 0.3) is 10.0 Å². The van der Waals surface area contributed by atoms with Crippen molar-refractivity contribution < 1.29 is 17.9 Å². The van der Waals surface area contributed by atoms with Gasteiger partial charge in [-0.15, -0.1) is 0 Å². The van der Waals surface area contributed by atoms with Gasteiger partial charge in [0, 0.05) is 12.1 Å². The van der Waals surface area contributed by atoms with Crippen molar-refractivity contribution in [1.29, 1.82) is 0 Å². The van der Waals surface area contributed by atoms with Crippen molar-refractivity contribution in [2.24, 2.45) is 0 Å². The minimum Gasteiger partial charge on any atom is -0.449 e. The van der Waals surface area contributed by atoms with E-state index in [4.69, 9.17) is 4.74 Å². The van der Waals surface area contributed by atoms with E-state index in [0.717, 1.165) is 29.8 Å². The van der Waals surface area contributed by atoms with Gasteiger partial charge in [-0.05, 0) is 48.8 Å². The number of benzene rings is 2. The van der Waals surface area contributed by atoms with Crippen molar-refractivity contribution in [3.63, 3.8) is 0 Å². The Bertz CT molecular complexity index is 1160. The third-order valence-electron chi connectivity index (χ3n) is 5.20. The number of nitrogens with zero attached hydrogens (tertiary/aromatic N) is 4. The van der Waals surface area contributed by atoms with Crippen LogP contribution in [0.5, 0.6) is 0 Å². The molecule has 10 heteroatoms. The molecule has 0 spiro atoms. The van der Waals surface area contributed by atoms with Crippen molar-refractivity contribution in [2.45, 2.75) is 38.8 Å². The molecule has 33 heavy (non-hydrogen) atoms. The van der Waals surface area contributed by atoms with Gasteiger partial charge in [0.1, 0.15) is 12.7 Å². The highest BCUT2D eigenvalue weighted by Gasteiger charge is 2.23. The molecule has 0 aliphatic carbocycles. The maximum absolute atomic E-state index is 13.0. The summed E-state index contributed by atoms with van der Waals surface area (Å²) in [5.41, 5.74) is 3.22. The molecule has 0 radical (unpaired) electrons. The second kappa shape index (κ2) is 11.1. The molecule has 0 saturated heterocycles. The van der Waals surface area contributed by atoms with E-state index in [9.17, 15) is 13.2 Å². The standard InChI is InChI=1S/C23H29N5O4S/c1-4-27(5-2)14-19-9-12-22(33(30,31)26-23(29)32-6-3)21(13-19)20-10-7-18(8-11-20)15-28-17-24-16-25-28/h7-13,16-17H,4-6,14-15H2,1-3H3,(H,26,29). The lowest BCUT2D eigenvalue weighted by Crippen LogP contribution is -2.31. The number of carbonyl (C=O) groups is 1.